The Bertz CT molecular complexity index is 792. The van der Waals surface area contributed by atoms with Crippen LogP contribution in [0.2, 0.25) is 0 Å². The maximum atomic E-state index is 12.1. The molecule has 25 heavy (non-hydrogen) atoms. The van der Waals surface area contributed by atoms with Crippen molar-refractivity contribution in [2.75, 3.05) is 18.6 Å². The van der Waals surface area contributed by atoms with Gasteiger partial charge < -0.3 is 18.8 Å². The molecular weight excluding hydrogens is 326 g/mol. The molecule has 0 N–H and O–H groups in total. The van der Waals surface area contributed by atoms with Gasteiger partial charge in [-0.25, -0.2) is 9.59 Å². The summed E-state index contributed by atoms with van der Waals surface area (Å²) in [4.78, 5) is 37.1. The van der Waals surface area contributed by atoms with Crippen LogP contribution in [0.5, 0.6) is 0 Å². The fourth-order valence-electron chi connectivity index (χ4n) is 2.66. The first-order valence-electron chi connectivity index (χ1n) is 7.82. The molecule has 1 aliphatic heterocycles. The molecule has 0 bridgehead atoms. The minimum atomic E-state index is -0.556. The summed E-state index contributed by atoms with van der Waals surface area (Å²) in [5, 5.41) is 0. The molecule has 0 spiro atoms. The number of benzene rings is 1. The van der Waals surface area contributed by atoms with E-state index in [2.05, 4.69) is 4.74 Å². The number of rotatable bonds is 5. The van der Waals surface area contributed by atoms with Crippen molar-refractivity contribution in [3.05, 3.63) is 53.5 Å². The van der Waals surface area contributed by atoms with Crippen molar-refractivity contribution in [3.8, 4) is 0 Å². The number of anilines is 1. The van der Waals surface area contributed by atoms with E-state index in [1.54, 1.807) is 29.2 Å². The Kier molecular flexibility index (Phi) is 4.83. The van der Waals surface area contributed by atoms with Crippen molar-refractivity contribution in [1.82, 2.24) is 0 Å². The fourth-order valence-corrected chi connectivity index (χ4v) is 2.66. The SMILES string of the molecule is COC(=O)c1ccoc1COC(=O)c1ccc(N2CCCC2=O)cc1. The highest BCUT2D eigenvalue weighted by atomic mass is 16.5. The van der Waals surface area contributed by atoms with E-state index in [0.29, 0.717) is 18.5 Å². The normalized spacial score (nSPS) is 13.8. The standard InChI is InChI=1S/C18H17NO6/c1-23-18(22)14-8-10-24-15(14)11-25-17(21)12-4-6-13(7-5-12)19-9-2-3-16(19)20/h4-8,10H,2-3,9,11H2,1H3. The van der Waals surface area contributed by atoms with Gasteiger partial charge in [0.1, 0.15) is 5.56 Å². The van der Waals surface area contributed by atoms with Gasteiger partial charge in [0.2, 0.25) is 5.91 Å². The Labute approximate surface area is 144 Å². The van der Waals surface area contributed by atoms with Crippen LogP contribution in [-0.4, -0.2) is 31.5 Å². The molecule has 1 aliphatic rings. The third kappa shape index (κ3) is 3.55. The van der Waals surface area contributed by atoms with E-state index < -0.39 is 11.9 Å². The molecule has 1 aromatic carbocycles. The summed E-state index contributed by atoms with van der Waals surface area (Å²) in [7, 11) is 1.26. The lowest BCUT2D eigenvalue weighted by Crippen LogP contribution is -2.23. The zero-order valence-electron chi connectivity index (χ0n) is 13.7. The van der Waals surface area contributed by atoms with Crippen LogP contribution in [0, 0.1) is 0 Å². The third-order valence-corrected chi connectivity index (χ3v) is 3.97. The van der Waals surface area contributed by atoms with Gasteiger partial charge in [-0.2, -0.15) is 0 Å². The maximum Gasteiger partial charge on any atom is 0.341 e. The second-order valence-corrected chi connectivity index (χ2v) is 5.52. The lowest BCUT2D eigenvalue weighted by Gasteiger charge is -2.15. The Morgan fingerprint density at radius 3 is 2.56 bits per heavy atom. The molecule has 1 aromatic heterocycles. The minimum Gasteiger partial charge on any atom is -0.465 e. The highest BCUT2D eigenvalue weighted by Crippen LogP contribution is 2.22. The lowest BCUT2D eigenvalue weighted by molar-refractivity contribution is -0.117. The maximum absolute atomic E-state index is 12.1. The van der Waals surface area contributed by atoms with E-state index >= 15 is 0 Å². The van der Waals surface area contributed by atoms with Crippen molar-refractivity contribution >= 4 is 23.5 Å². The van der Waals surface area contributed by atoms with Gasteiger partial charge in [0.15, 0.2) is 12.4 Å². The molecule has 2 heterocycles. The van der Waals surface area contributed by atoms with Gasteiger partial charge in [0, 0.05) is 18.7 Å². The molecule has 3 rings (SSSR count). The number of carbonyl (C=O) groups excluding carboxylic acids is 3. The Balaban J connectivity index is 1.63. The van der Waals surface area contributed by atoms with Crippen LogP contribution in [0.15, 0.2) is 41.0 Å². The van der Waals surface area contributed by atoms with Crippen LogP contribution < -0.4 is 4.90 Å². The van der Waals surface area contributed by atoms with Crippen LogP contribution in [-0.2, 0) is 20.9 Å². The molecule has 0 radical (unpaired) electrons. The number of hydrogen-bond acceptors (Lipinski definition) is 6. The highest BCUT2D eigenvalue weighted by Gasteiger charge is 2.22. The van der Waals surface area contributed by atoms with E-state index in [4.69, 9.17) is 9.15 Å². The van der Waals surface area contributed by atoms with Crippen molar-refractivity contribution in [2.24, 2.45) is 0 Å². The van der Waals surface area contributed by atoms with Crippen molar-refractivity contribution in [2.45, 2.75) is 19.4 Å². The molecule has 0 aliphatic carbocycles. The van der Waals surface area contributed by atoms with Crippen LogP contribution in [0.4, 0.5) is 5.69 Å². The van der Waals surface area contributed by atoms with Gasteiger partial charge >= 0.3 is 11.9 Å². The summed E-state index contributed by atoms with van der Waals surface area (Å²) in [6, 6.07) is 8.09. The summed E-state index contributed by atoms with van der Waals surface area (Å²) in [6.07, 6.45) is 2.72. The Hall–Kier alpha value is -3.09. The quantitative estimate of drug-likeness (QED) is 0.776. The topological polar surface area (TPSA) is 86.1 Å². The van der Waals surface area contributed by atoms with E-state index in [9.17, 15) is 14.4 Å². The molecule has 7 nitrogen and oxygen atoms in total. The first kappa shape index (κ1) is 16.8. The molecule has 0 atom stereocenters. The summed E-state index contributed by atoms with van der Waals surface area (Å²) < 4.78 is 14.9. The van der Waals surface area contributed by atoms with Gasteiger partial charge in [-0.15, -0.1) is 0 Å². The Morgan fingerprint density at radius 1 is 1.16 bits per heavy atom. The second kappa shape index (κ2) is 7.21. The molecule has 1 amide bonds. The predicted octanol–water partition coefficient (Wildman–Crippen LogP) is 2.55. The highest BCUT2D eigenvalue weighted by molar-refractivity contribution is 5.96. The molecule has 130 valence electrons. The summed E-state index contributed by atoms with van der Waals surface area (Å²) >= 11 is 0. The van der Waals surface area contributed by atoms with Crippen molar-refractivity contribution < 1.29 is 28.3 Å². The van der Waals surface area contributed by atoms with Crippen molar-refractivity contribution in [3.63, 3.8) is 0 Å². The number of esters is 2. The summed E-state index contributed by atoms with van der Waals surface area (Å²) in [5.74, 6) is -0.797. The smallest absolute Gasteiger partial charge is 0.341 e. The zero-order valence-corrected chi connectivity index (χ0v) is 13.7. The Morgan fingerprint density at radius 2 is 1.92 bits per heavy atom. The van der Waals surface area contributed by atoms with Crippen molar-refractivity contribution in [1.29, 1.82) is 0 Å². The van der Waals surface area contributed by atoms with Gasteiger partial charge in [-0.3, -0.25) is 4.79 Å². The number of nitrogens with zero attached hydrogens (tertiary/aromatic N) is 1. The molecule has 2 aromatic rings. The number of carbonyl (C=O) groups is 3. The van der Waals surface area contributed by atoms with Crippen LogP contribution in [0.1, 0.15) is 39.3 Å². The predicted molar refractivity (Wildman–Crippen MR) is 87.2 cm³/mol. The number of hydrogen-bond donors (Lipinski definition) is 0. The van der Waals surface area contributed by atoms with Crippen LogP contribution in [0.25, 0.3) is 0 Å². The molecule has 7 heteroatoms. The fraction of sp³-hybridized carbons (Fsp3) is 0.278. The first-order chi connectivity index (χ1) is 12.1. The average Bonchev–Trinajstić information content (AvgIpc) is 3.28. The van der Waals surface area contributed by atoms with Gasteiger partial charge in [-0.05, 0) is 36.8 Å². The first-order valence-corrected chi connectivity index (χ1v) is 7.82. The van der Waals surface area contributed by atoms with E-state index in [1.807, 2.05) is 0 Å². The number of ether oxygens (including phenoxy) is 2. The van der Waals surface area contributed by atoms with Gasteiger partial charge in [-0.1, -0.05) is 0 Å². The van der Waals surface area contributed by atoms with Crippen LogP contribution in [0.3, 0.4) is 0 Å². The van der Waals surface area contributed by atoms with Crippen LogP contribution >= 0.6 is 0 Å². The molecule has 0 saturated carbocycles. The number of amides is 1. The molecule has 0 unspecified atom stereocenters. The second-order valence-electron chi connectivity index (χ2n) is 5.52. The molecular formula is C18H17NO6. The third-order valence-electron chi connectivity index (χ3n) is 3.97. The van der Waals surface area contributed by atoms with Gasteiger partial charge in [0.05, 0.1) is 18.9 Å². The minimum absolute atomic E-state index is 0.0866. The zero-order chi connectivity index (χ0) is 17.8. The van der Waals surface area contributed by atoms with Gasteiger partial charge in [0.25, 0.3) is 0 Å². The summed E-state index contributed by atoms with van der Waals surface area (Å²) in [5.41, 5.74) is 1.33. The molecule has 1 saturated heterocycles. The largest absolute Gasteiger partial charge is 0.465 e. The average molecular weight is 343 g/mol. The molecule has 1 fully saturated rings. The van der Waals surface area contributed by atoms with E-state index in [-0.39, 0.29) is 23.8 Å². The lowest BCUT2D eigenvalue weighted by atomic mass is 10.2. The number of methoxy groups -OCH3 is 1. The van der Waals surface area contributed by atoms with E-state index in [0.717, 1.165) is 12.1 Å². The van der Waals surface area contributed by atoms with E-state index in [1.165, 1.54) is 19.4 Å². The summed E-state index contributed by atoms with van der Waals surface area (Å²) in [6.45, 7) is 0.514. The number of furan rings is 1. The monoisotopic (exact) mass is 343 g/mol.